The van der Waals surface area contributed by atoms with Gasteiger partial charge in [0.05, 0.1) is 10.8 Å². The van der Waals surface area contributed by atoms with Crippen molar-refractivity contribution in [3.8, 4) is 0 Å². The number of hydrogen-bond acceptors (Lipinski definition) is 5. The lowest BCUT2D eigenvalue weighted by Gasteiger charge is -2.34. The van der Waals surface area contributed by atoms with Crippen LogP contribution in [0.3, 0.4) is 0 Å². The van der Waals surface area contributed by atoms with Gasteiger partial charge in [-0.2, -0.15) is 0 Å². The molecule has 0 aliphatic rings. The summed E-state index contributed by atoms with van der Waals surface area (Å²) in [5, 5.41) is 11.8. The molecule has 0 saturated carbocycles. The molecule has 47 heavy (non-hydrogen) atoms. The molecule has 0 spiro atoms. The fourth-order valence-corrected chi connectivity index (χ4v) is 6.48. The van der Waals surface area contributed by atoms with Gasteiger partial charge in [0.2, 0.25) is 0 Å². The Bertz CT molecular complexity index is 1320. The average Bonchev–Trinajstić information content (AvgIpc) is 2.99. The second kappa shape index (κ2) is 21.2. The van der Waals surface area contributed by atoms with E-state index in [-0.39, 0.29) is 5.78 Å². The van der Waals surface area contributed by atoms with E-state index < -0.39 is 16.8 Å². The zero-order chi connectivity index (χ0) is 36.5. The van der Waals surface area contributed by atoms with Gasteiger partial charge >= 0.3 is 5.97 Å². The van der Waals surface area contributed by atoms with Crippen molar-refractivity contribution in [3.05, 3.63) is 80.5 Å². The number of unbranched alkanes of at least 4 members (excludes halogenated alkanes) is 1. The van der Waals surface area contributed by atoms with E-state index in [1.54, 1.807) is 13.8 Å². The van der Waals surface area contributed by atoms with Crippen LogP contribution in [-0.2, 0) is 9.59 Å². The highest BCUT2D eigenvalue weighted by molar-refractivity contribution is 8.05. The second-order valence-corrected chi connectivity index (χ2v) is 14.6. The molecule has 0 unspecified atom stereocenters. The molecule has 1 atom stereocenters. The number of allylic oxidation sites excluding steroid dienone is 11. The Morgan fingerprint density at radius 3 is 2.04 bits per heavy atom. The summed E-state index contributed by atoms with van der Waals surface area (Å²) in [5.41, 5.74) is 11.9. The number of ketones is 1. The minimum atomic E-state index is -1.12. The highest BCUT2D eigenvalue weighted by Crippen LogP contribution is 2.47. The second-order valence-electron chi connectivity index (χ2n) is 13.6. The van der Waals surface area contributed by atoms with Gasteiger partial charge in [0.1, 0.15) is 11.6 Å². The maximum Gasteiger partial charge on any atom is 0.309 e. The van der Waals surface area contributed by atoms with Gasteiger partial charge in [0.15, 0.2) is 0 Å². The number of nitrogens with two attached hydrogens (primary N) is 1. The molecule has 0 amide bonds. The number of carbonyl (C=O) groups excluding carboxylic acids is 1. The van der Waals surface area contributed by atoms with Crippen molar-refractivity contribution in [2.45, 2.75) is 141 Å². The summed E-state index contributed by atoms with van der Waals surface area (Å²) in [6.07, 6.45) is 14.3. The van der Waals surface area contributed by atoms with Gasteiger partial charge < -0.3 is 10.8 Å². The summed E-state index contributed by atoms with van der Waals surface area (Å²) in [7, 11) is 0. The third-order valence-corrected chi connectivity index (χ3v) is 9.81. The molecule has 3 N–H and O–H groups in total. The minimum absolute atomic E-state index is 0.0401. The summed E-state index contributed by atoms with van der Waals surface area (Å²) in [5.74, 6) is -0.117. The van der Waals surface area contributed by atoms with Crippen LogP contribution in [-0.4, -0.2) is 22.6 Å². The van der Waals surface area contributed by atoms with Gasteiger partial charge in [-0.3, -0.25) is 9.59 Å². The summed E-state index contributed by atoms with van der Waals surface area (Å²) >= 11 is 1.41. The van der Waals surface area contributed by atoms with Crippen LogP contribution in [0.2, 0.25) is 0 Å². The number of carboxylic acids is 1. The van der Waals surface area contributed by atoms with Crippen molar-refractivity contribution in [3.63, 3.8) is 0 Å². The molecule has 0 aromatic rings. The van der Waals surface area contributed by atoms with Gasteiger partial charge in [0, 0.05) is 17.7 Å². The van der Waals surface area contributed by atoms with Crippen LogP contribution in [0.4, 0.5) is 0 Å². The van der Waals surface area contributed by atoms with Crippen LogP contribution in [0.5, 0.6) is 0 Å². The number of Topliss-reactive ketones (excluding diaryl/α,β-unsaturated/α-hetero) is 1. The van der Waals surface area contributed by atoms with E-state index in [2.05, 4.69) is 72.4 Å². The molecular weight excluding hydrogens is 601 g/mol. The molecule has 0 rings (SSSR count). The summed E-state index contributed by atoms with van der Waals surface area (Å²) < 4.78 is 0. The number of hydrogen-bond donors (Lipinski definition) is 2. The number of carboxylic acid groups (broad SMARTS) is 1. The van der Waals surface area contributed by atoms with E-state index >= 15 is 0 Å². The fraction of sp³-hybridized carbons (Fsp3) is 0.585. The van der Waals surface area contributed by atoms with E-state index in [9.17, 15) is 14.7 Å². The number of nitrogens with zero attached hydrogens (tertiary/aromatic N) is 1. The lowest BCUT2D eigenvalue weighted by atomic mass is 9.73. The third-order valence-electron chi connectivity index (χ3n) is 8.67. The largest absolute Gasteiger partial charge is 0.481 e. The normalized spacial score (nSPS) is 16.3. The summed E-state index contributed by atoms with van der Waals surface area (Å²) in [6, 6.07) is 0. The SMILES string of the molecule is C=C(S/C=C(\CCC)CC(C)(C)C(=O)O)[C@](C)(C(=O)CCC)C(/C(C)=C/CCC)=C(N)/N=C(\C)C(=CCC)C(/C=C\C)=C(/C)C(C)C. The lowest BCUT2D eigenvalue weighted by molar-refractivity contribution is -0.146. The monoisotopic (exact) mass is 666 g/mol. The Labute approximate surface area is 292 Å². The van der Waals surface area contributed by atoms with Crippen LogP contribution in [0.1, 0.15) is 141 Å². The highest BCUT2D eigenvalue weighted by atomic mass is 32.2. The van der Waals surface area contributed by atoms with Crippen LogP contribution in [0, 0.1) is 16.7 Å². The first-order chi connectivity index (χ1) is 21.9. The van der Waals surface area contributed by atoms with Crippen molar-refractivity contribution in [1.29, 1.82) is 0 Å². The molecule has 0 aliphatic carbocycles. The first kappa shape index (κ1) is 44.1. The van der Waals surface area contributed by atoms with Gasteiger partial charge in [0.25, 0.3) is 0 Å². The zero-order valence-corrected chi connectivity index (χ0v) is 32.8. The quantitative estimate of drug-likeness (QED) is 0.0939. The van der Waals surface area contributed by atoms with Crippen LogP contribution in [0.15, 0.2) is 85.4 Å². The molecule has 0 saturated heterocycles. The fourth-order valence-electron chi connectivity index (χ4n) is 5.52. The summed E-state index contributed by atoms with van der Waals surface area (Å²) in [4.78, 5) is 31.9. The average molecular weight is 667 g/mol. The van der Waals surface area contributed by atoms with E-state index in [0.29, 0.717) is 41.5 Å². The van der Waals surface area contributed by atoms with Crippen molar-refractivity contribution in [1.82, 2.24) is 0 Å². The summed E-state index contributed by atoms with van der Waals surface area (Å²) in [6.45, 7) is 30.8. The van der Waals surface area contributed by atoms with E-state index in [1.807, 2.05) is 40.0 Å². The Kier molecular flexibility index (Phi) is 19.9. The van der Waals surface area contributed by atoms with Crippen molar-refractivity contribution in [2.24, 2.45) is 27.5 Å². The molecule has 5 nitrogen and oxygen atoms in total. The van der Waals surface area contributed by atoms with Crippen molar-refractivity contribution < 1.29 is 14.7 Å². The Morgan fingerprint density at radius 2 is 1.57 bits per heavy atom. The number of rotatable bonds is 21. The molecule has 0 aliphatic heterocycles. The third kappa shape index (κ3) is 12.9. The molecular formula is C41H66N2O3S. The predicted molar refractivity (Wildman–Crippen MR) is 207 cm³/mol. The first-order valence-corrected chi connectivity index (χ1v) is 18.4. The molecule has 6 heteroatoms. The minimum Gasteiger partial charge on any atom is -0.481 e. The number of thioether (sulfide) groups is 1. The maximum atomic E-state index is 14.2. The standard InChI is InChI=1S/C41H66N2O3S/c1-15-20-25-29(8)37(38(42)43-31(10)35(23-18-4)34(22-17-3)30(9)28(6)7)41(14,36(44)24-19-5)32(11)47-27-33(21-16-2)26-40(12,13)39(45)46/h17,22-23,25,27-28H,11,15-16,18-21,24,26,42H2,1-10,12-14H3,(H,45,46)/b22-17-,29-25+,33-27+,34-30-,35-23?,38-37+,43-31+/t41-/m1/s1. The van der Waals surface area contributed by atoms with E-state index in [1.165, 1.54) is 17.3 Å². The smallest absolute Gasteiger partial charge is 0.309 e. The number of aliphatic imine (C=N–C) groups is 1. The molecule has 0 aromatic heterocycles. The van der Waals surface area contributed by atoms with Gasteiger partial charge in [-0.1, -0.05) is 96.4 Å². The highest BCUT2D eigenvalue weighted by Gasteiger charge is 2.41. The van der Waals surface area contributed by atoms with Crippen LogP contribution < -0.4 is 5.73 Å². The molecule has 0 fully saturated rings. The van der Waals surface area contributed by atoms with E-state index in [4.69, 9.17) is 10.7 Å². The Hall–Kier alpha value is -2.86. The molecule has 0 aromatic carbocycles. The maximum absolute atomic E-state index is 14.2. The topological polar surface area (TPSA) is 92.8 Å². The van der Waals surface area contributed by atoms with Crippen molar-refractivity contribution in [2.75, 3.05) is 0 Å². The molecule has 0 bridgehead atoms. The zero-order valence-electron chi connectivity index (χ0n) is 32.0. The first-order valence-electron chi connectivity index (χ1n) is 17.5. The van der Waals surface area contributed by atoms with E-state index in [0.717, 1.165) is 60.1 Å². The Morgan fingerprint density at radius 1 is 0.979 bits per heavy atom. The molecule has 0 radical (unpaired) electrons. The van der Waals surface area contributed by atoms with Gasteiger partial charge in [-0.15, -0.1) is 11.8 Å². The number of aliphatic carboxylic acids is 1. The number of carbonyl (C=O) groups is 2. The Balaban J connectivity index is 7.72. The van der Waals surface area contributed by atoms with Gasteiger partial charge in [-0.05, 0) is 114 Å². The molecule has 264 valence electrons. The molecule has 0 heterocycles. The lowest BCUT2D eigenvalue weighted by Crippen LogP contribution is -2.33. The van der Waals surface area contributed by atoms with Crippen LogP contribution in [0.25, 0.3) is 0 Å². The van der Waals surface area contributed by atoms with Crippen LogP contribution >= 0.6 is 11.8 Å². The predicted octanol–water partition coefficient (Wildman–Crippen LogP) is 12.1. The van der Waals surface area contributed by atoms with Gasteiger partial charge in [-0.25, -0.2) is 4.99 Å². The van der Waals surface area contributed by atoms with Crippen molar-refractivity contribution >= 4 is 29.2 Å².